The highest BCUT2D eigenvalue weighted by atomic mass is 32.1. The molecule has 6 heteroatoms. The molecule has 0 spiro atoms. The topological polar surface area (TPSA) is 91.8 Å². The Balaban J connectivity index is 2.09. The van der Waals surface area contributed by atoms with E-state index in [1.54, 1.807) is 29.6 Å². The summed E-state index contributed by atoms with van der Waals surface area (Å²) in [6.07, 6.45) is 0. The van der Waals surface area contributed by atoms with E-state index < -0.39 is 0 Å². The van der Waals surface area contributed by atoms with Crippen molar-refractivity contribution < 1.29 is 4.79 Å². The maximum Gasteiger partial charge on any atom is 0.275 e. The van der Waals surface area contributed by atoms with E-state index in [1.807, 2.05) is 13.0 Å². The van der Waals surface area contributed by atoms with Gasteiger partial charge in [0.05, 0.1) is 17.7 Å². The summed E-state index contributed by atoms with van der Waals surface area (Å²) in [5.74, 6) is -0.284. The fourth-order valence-electron chi connectivity index (χ4n) is 1.42. The second kappa shape index (κ2) is 5.61. The molecule has 3 N–H and O–H groups in total. The second-order valence-corrected chi connectivity index (χ2v) is 4.89. The van der Waals surface area contributed by atoms with Crippen LogP contribution < -0.4 is 11.1 Å². The molecule has 0 aliphatic rings. The first-order valence-electron chi connectivity index (χ1n) is 5.62. The molecule has 2 aromatic rings. The molecule has 19 heavy (non-hydrogen) atoms. The van der Waals surface area contributed by atoms with Gasteiger partial charge in [0.1, 0.15) is 10.7 Å². The zero-order valence-corrected chi connectivity index (χ0v) is 11.1. The van der Waals surface area contributed by atoms with Crippen LogP contribution in [-0.4, -0.2) is 10.9 Å². The number of anilines is 1. The number of hydrogen-bond donors (Lipinski definition) is 2. The second-order valence-electron chi connectivity index (χ2n) is 4.00. The summed E-state index contributed by atoms with van der Waals surface area (Å²) >= 11 is 1.36. The molecule has 0 fully saturated rings. The molecule has 5 nitrogen and oxygen atoms in total. The van der Waals surface area contributed by atoms with Gasteiger partial charge in [0.15, 0.2) is 0 Å². The van der Waals surface area contributed by atoms with Gasteiger partial charge in [-0.15, -0.1) is 11.3 Å². The Kier molecular flexibility index (Phi) is 3.90. The minimum atomic E-state index is -0.284. The maximum atomic E-state index is 11.9. The number of hydrogen-bond acceptors (Lipinski definition) is 5. The molecule has 0 aliphatic carbocycles. The number of rotatable bonds is 3. The van der Waals surface area contributed by atoms with Gasteiger partial charge >= 0.3 is 0 Å². The number of nitriles is 1. The number of carbonyl (C=O) groups is 1. The van der Waals surface area contributed by atoms with Gasteiger partial charge in [0, 0.05) is 11.1 Å². The van der Waals surface area contributed by atoms with E-state index in [0.717, 1.165) is 5.01 Å². The van der Waals surface area contributed by atoms with Crippen LogP contribution in [0.3, 0.4) is 0 Å². The summed E-state index contributed by atoms with van der Waals surface area (Å²) in [5, 5.41) is 13.8. The van der Waals surface area contributed by atoms with Crippen LogP contribution in [0.2, 0.25) is 0 Å². The summed E-state index contributed by atoms with van der Waals surface area (Å²) in [5.41, 5.74) is 7.22. The minimum Gasteiger partial charge on any atom is -0.322 e. The van der Waals surface area contributed by atoms with E-state index in [0.29, 0.717) is 16.9 Å². The first-order chi connectivity index (χ1) is 9.10. The predicted octanol–water partition coefficient (Wildman–Crippen LogP) is 2.29. The van der Waals surface area contributed by atoms with Gasteiger partial charge in [0.2, 0.25) is 0 Å². The number of carbonyl (C=O) groups excluding carboxylic acids is 1. The van der Waals surface area contributed by atoms with Crippen molar-refractivity contribution in [3.8, 4) is 6.07 Å². The largest absolute Gasteiger partial charge is 0.322 e. The maximum absolute atomic E-state index is 11.9. The van der Waals surface area contributed by atoms with E-state index in [-0.39, 0.29) is 11.9 Å². The van der Waals surface area contributed by atoms with Crippen molar-refractivity contribution in [3.05, 3.63) is 45.9 Å². The molecule has 1 aromatic carbocycles. The lowest BCUT2D eigenvalue weighted by Crippen LogP contribution is -2.13. The van der Waals surface area contributed by atoms with Crippen molar-refractivity contribution in [2.24, 2.45) is 5.73 Å². The smallest absolute Gasteiger partial charge is 0.275 e. The van der Waals surface area contributed by atoms with Crippen LogP contribution in [0.15, 0.2) is 29.6 Å². The molecule has 0 bridgehead atoms. The summed E-state index contributed by atoms with van der Waals surface area (Å²) < 4.78 is 0. The van der Waals surface area contributed by atoms with Crippen LogP contribution in [0.4, 0.5) is 5.69 Å². The van der Waals surface area contributed by atoms with E-state index in [4.69, 9.17) is 11.0 Å². The lowest BCUT2D eigenvalue weighted by atomic mass is 10.2. The Labute approximate surface area is 114 Å². The van der Waals surface area contributed by atoms with Crippen molar-refractivity contribution in [3.63, 3.8) is 0 Å². The molecule has 1 atom stereocenters. The van der Waals surface area contributed by atoms with Crippen molar-refractivity contribution in [2.75, 3.05) is 5.32 Å². The molecule has 1 heterocycles. The number of aromatic nitrogens is 1. The molecule has 0 radical (unpaired) electrons. The summed E-state index contributed by atoms with van der Waals surface area (Å²) in [7, 11) is 0. The number of nitrogens with zero attached hydrogens (tertiary/aromatic N) is 2. The standard InChI is InChI=1S/C13H12N4OS/c1-8(15)13-17-11(7-19-13)12(18)16-10-4-2-9(6-14)3-5-10/h2-5,7-8H,15H2,1H3,(H,16,18). The number of amides is 1. The third kappa shape index (κ3) is 3.16. The molecule has 1 unspecified atom stereocenters. The average molecular weight is 272 g/mol. The van der Waals surface area contributed by atoms with Crippen LogP contribution in [0.5, 0.6) is 0 Å². The fourth-order valence-corrected chi connectivity index (χ4v) is 2.18. The summed E-state index contributed by atoms with van der Waals surface area (Å²) in [6, 6.07) is 8.48. The van der Waals surface area contributed by atoms with Crippen LogP contribution in [0.1, 0.15) is 34.0 Å². The van der Waals surface area contributed by atoms with Crippen LogP contribution >= 0.6 is 11.3 Å². The zero-order chi connectivity index (χ0) is 13.8. The molecular weight excluding hydrogens is 260 g/mol. The first kappa shape index (κ1) is 13.2. The summed E-state index contributed by atoms with van der Waals surface area (Å²) in [4.78, 5) is 16.1. The van der Waals surface area contributed by atoms with Crippen LogP contribution in [0.25, 0.3) is 0 Å². The average Bonchev–Trinajstić information content (AvgIpc) is 2.89. The van der Waals surface area contributed by atoms with Crippen LogP contribution in [0, 0.1) is 11.3 Å². The molecule has 2 rings (SSSR count). The highest BCUT2D eigenvalue weighted by Gasteiger charge is 2.12. The van der Waals surface area contributed by atoms with Gasteiger partial charge in [-0.25, -0.2) is 4.98 Å². The van der Waals surface area contributed by atoms with E-state index in [1.165, 1.54) is 11.3 Å². The van der Waals surface area contributed by atoms with Gasteiger partial charge in [-0.3, -0.25) is 4.79 Å². The van der Waals surface area contributed by atoms with Gasteiger partial charge in [-0.1, -0.05) is 0 Å². The quantitative estimate of drug-likeness (QED) is 0.896. The monoisotopic (exact) mass is 272 g/mol. The Morgan fingerprint density at radius 2 is 2.16 bits per heavy atom. The number of nitrogens with one attached hydrogen (secondary N) is 1. The highest BCUT2D eigenvalue weighted by Crippen LogP contribution is 2.17. The van der Waals surface area contributed by atoms with E-state index in [2.05, 4.69) is 10.3 Å². The first-order valence-corrected chi connectivity index (χ1v) is 6.50. The number of benzene rings is 1. The third-order valence-electron chi connectivity index (χ3n) is 2.42. The normalized spacial score (nSPS) is 11.6. The lowest BCUT2D eigenvalue weighted by molar-refractivity contribution is 0.102. The minimum absolute atomic E-state index is 0.179. The van der Waals surface area contributed by atoms with Crippen molar-refractivity contribution in [2.45, 2.75) is 13.0 Å². The Morgan fingerprint density at radius 1 is 1.47 bits per heavy atom. The van der Waals surface area contributed by atoms with Gasteiger partial charge in [-0.2, -0.15) is 5.26 Å². The Hall–Kier alpha value is -2.23. The molecule has 0 aliphatic heterocycles. The molecule has 1 amide bonds. The lowest BCUT2D eigenvalue weighted by Gasteiger charge is -2.03. The Bertz CT molecular complexity index is 625. The molecule has 0 saturated heterocycles. The van der Waals surface area contributed by atoms with Crippen LogP contribution in [-0.2, 0) is 0 Å². The fraction of sp³-hybridized carbons (Fsp3) is 0.154. The van der Waals surface area contributed by atoms with Gasteiger partial charge < -0.3 is 11.1 Å². The molecule has 96 valence electrons. The SMILES string of the molecule is CC(N)c1nc(C(=O)Nc2ccc(C#N)cc2)cs1. The molecule has 0 saturated carbocycles. The van der Waals surface area contributed by atoms with E-state index in [9.17, 15) is 4.79 Å². The van der Waals surface area contributed by atoms with E-state index >= 15 is 0 Å². The van der Waals surface area contributed by atoms with Crippen molar-refractivity contribution >= 4 is 22.9 Å². The van der Waals surface area contributed by atoms with Crippen molar-refractivity contribution in [1.29, 1.82) is 5.26 Å². The zero-order valence-electron chi connectivity index (χ0n) is 10.3. The van der Waals surface area contributed by atoms with Crippen molar-refractivity contribution in [1.82, 2.24) is 4.98 Å². The third-order valence-corrected chi connectivity index (χ3v) is 3.46. The molecular formula is C13H12N4OS. The predicted molar refractivity (Wildman–Crippen MR) is 73.8 cm³/mol. The number of nitrogens with two attached hydrogens (primary N) is 1. The highest BCUT2D eigenvalue weighted by molar-refractivity contribution is 7.09. The summed E-state index contributed by atoms with van der Waals surface area (Å²) in [6.45, 7) is 1.82. The number of thiazole rings is 1. The van der Waals surface area contributed by atoms with Gasteiger partial charge in [-0.05, 0) is 31.2 Å². The van der Waals surface area contributed by atoms with Gasteiger partial charge in [0.25, 0.3) is 5.91 Å². The molecule has 1 aromatic heterocycles. The Morgan fingerprint density at radius 3 is 2.68 bits per heavy atom.